The van der Waals surface area contributed by atoms with E-state index in [1.54, 1.807) is 50.3 Å². The summed E-state index contributed by atoms with van der Waals surface area (Å²) in [5.74, 6) is -2.94. The minimum absolute atomic E-state index is 0.0676. The molecule has 1 fully saturated rings. The van der Waals surface area contributed by atoms with Gasteiger partial charge in [0.05, 0.1) is 12.1 Å². The zero-order chi connectivity index (χ0) is 27.5. The summed E-state index contributed by atoms with van der Waals surface area (Å²) in [5.41, 5.74) is 0.569. The topological polar surface area (TPSA) is 48.0 Å². The normalized spacial score (nSPS) is 22.1. The molecule has 9 heteroatoms. The third-order valence-corrected chi connectivity index (χ3v) is 11.3. The fourth-order valence-corrected chi connectivity index (χ4v) is 5.35. The van der Waals surface area contributed by atoms with Crippen molar-refractivity contribution in [2.45, 2.75) is 102 Å². The van der Waals surface area contributed by atoms with Crippen molar-refractivity contribution in [3.05, 3.63) is 61.2 Å². The van der Waals surface area contributed by atoms with Gasteiger partial charge >= 0.3 is 12.1 Å². The van der Waals surface area contributed by atoms with Gasteiger partial charge < -0.3 is 18.8 Å². The molecule has 1 amide bonds. The maximum atomic E-state index is 13.9. The number of hydrogen-bond donors (Lipinski definition) is 0. The van der Waals surface area contributed by atoms with Crippen molar-refractivity contribution in [1.29, 1.82) is 0 Å². The highest BCUT2D eigenvalue weighted by Gasteiger charge is 2.53. The fraction of sp³-hybridized carbons (Fsp3) is 0.593. The largest absolute Gasteiger partial charge is 0.471 e. The zero-order valence-corrected chi connectivity index (χ0v) is 23.4. The van der Waals surface area contributed by atoms with Crippen molar-refractivity contribution in [1.82, 2.24) is 4.90 Å². The average Bonchev–Trinajstić information content (AvgIpc) is 3.08. The SMILES string of the molecule is C=CCC([C@H](O[Si](C)(C)C(C)(C)C)[C@H]1OC(C)(C)O[C@H]1C=C)N(Cc1ccccc1)C(=O)C(F)(F)F. The minimum atomic E-state index is -5.07. The number of nitrogens with zero attached hydrogens (tertiary/aromatic N) is 1. The molecule has 1 aromatic rings. The van der Waals surface area contributed by atoms with Crippen LogP contribution >= 0.6 is 0 Å². The molecule has 0 radical (unpaired) electrons. The van der Waals surface area contributed by atoms with Crippen molar-refractivity contribution in [2.75, 3.05) is 0 Å². The second kappa shape index (κ2) is 11.2. The Kier molecular flexibility index (Phi) is 9.43. The first kappa shape index (κ1) is 30.3. The number of amides is 1. The van der Waals surface area contributed by atoms with Gasteiger partial charge in [-0.05, 0) is 44.0 Å². The molecule has 0 N–H and O–H groups in total. The number of halogens is 3. The van der Waals surface area contributed by atoms with Crippen molar-refractivity contribution < 1.29 is 31.9 Å². The third-order valence-electron chi connectivity index (χ3n) is 6.84. The molecule has 0 bridgehead atoms. The molecule has 5 nitrogen and oxygen atoms in total. The standard InChI is InChI=1S/C27H40F3NO4Si/c1-10-15-20(31(24(32)27(28,29)30)18-19-16-13-12-14-17-19)22(35-36(8,9)25(3,4)5)23-21(11-2)33-26(6,7)34-23/h10-14,16-17,20-23H,1-2,15,18H2,3-9H3/t20?,21-,22-,23-/m0/s1. The first-order valence-corrected chi connectivity index (χ1v) is 15.0. The van der Waals surface area contributed by atoms with Gasteiger partial charge in [0.1, 0.15) is 12.2 Å². The maximum absolute atomic E-state index is 13.9. The predicted octanol–water partition coefficient (Wildman–Crippen LogP) is 6.62. The highest BCUT2D eigenvalue weighted by molar-refractivity contribution is 6.74. The summed E-state index contributed by atoms with van der Waals surface area (Å²) in [6.07, 6.45) is -4.27. The summed E-state index contributed by atoms with van der Waals surface area (Å²) < 4.78 is 60.7. The van der Waals surface area contributed by atoms with E-state index in [0.29, 0.717) is 5.56 Å². The number of carbonyl (C=O) groups is 1. The Morgan fingerprint density at radius 2 is 1.75 bits per heavy atom. The van der Waals surface area contributed by atoms with Gasteiger partial charge in [-0.15, -0.1) is 13.2 Å². The van der Waals surface area contributed by atoms with Crippen LogP contribution in [-0.4, -0.2) is 55.4 Å². The number of ether oxygens (including phenoxy) is 2. The summed E-state index contributed by atoms with van der Waals surface area (Å²) in [4.78, 5) is 13.7. The van der Waals surface area contributed by atoms with Gasteiger partial charge in [0.2, 0.25) is 0 Å². The molecule has 4 atom stereocenters. The highest BCUT2D eigenvalue weighted by Crippen LogP contribution is 2.42. The average molecular weight is 528 g/mol. The summed E-state index contributed by atoms with van der Waals surface area (Å²) in [7, 11) is -2.56. The van der Waals surface area contributed by atoms with E-state index < -0.39 is 50.5 Å². The molecule has 1 aromatic carbocycles. The molecule has 1 unspecified atom stereocenters. The van der Waals surface area contributed by atoms with Crippen LogP contribution in [0.3, 0.4) is 0 Å². The van der Waals surface area contributed by atoms with Crippen molar-refractivity contribution in [2.24, 2.45) is 0 Å². The molecule has 2 rings (SSSR count). The number of rotatable bonds is 10. The molecule has 202 valence electrons. The zero-order valence-electron chi connectivity index (χ0n) is 22.4. The lowest BCUT2D eigenvalue weighted by molar-refractivity contribution is -0.193. The van der Waals surface area contributed by atoms with Crippen LogP contribution in [0.25, 0.3) is 0 Å². The lowest BCUT2D eigenvalue weighted by Crippen LogP contribution is -2.60. The Hall–Kier alpha value is -1.94. The van der Waals surface area contributed by atoms with E-state index in [4.69, 9.17) is 13.9 Å². The van der Waals surface area contributed by atoms with E-state index in [2.05, 4.69) is 13.2 Å². The monoisotopic (exact) mass is 527 g/mol. The van der Waals surface area contributed by atoms with Gasteiger partial charge in [-0.1, -0.05) is 63.3 Å². The first-order chi connectivity index (χ1) is 16.4. The maximum Gasteiger partial charge on any atom is 0.471 e. The van der Waals surface area contributed by atoms with E-state index in [9.17, 15) is 18.0 Å². The molecule has 36 heavy (non-hydrogen) atoms. The molecule has 0 spiro atoms. The molecule has 1 aliphatic heterocycles. The minimum Gasteiger partial charge on any atom is -0.409 e. The van der Waals surface area contributed by atoms with Gasteiger partial charge in [-0.3, -0.25) is 4.79 Å². The Bertz CT molecular complexity index is 912. The van der Waals surface area contributed by atoms with Gasteiger partial charge in [0, 0.05) is 6.54 Å². The number of alkyl halides is 3. The van der Waals surface area contributed by atoms with E-state index in [1.807, 2.05) is 33.9 Å². The van der Waals surface area contributed by atoms with Gasteiger partial charge in [-0.2, -0.15) is 13.2 Å². The molecule has 1 heterocycles. The predicted molar refractivity (Wildman–Crippen MR) is 138 cm³/mol. The highest BCUT2D eigenvalue weighted by atomic mass is 28.4. The van der Waals surface area contributed by atoms with Crippen LogP contribution in [-0.2, 0) is 25.2 Å². The van der Waals surface area contributed by atoms with Crippen LogP contribution in [0.1, 0.15) is 46.6 Å². The van der Waals surface area contributed by atoms with Crippen molar-refractivity contribution in [3.8, 4) is 0 Å². The molecule has 1 saturated heterocycles. The summed E-state index contributed by atoms with van der Waals surface area (Å²) >= 11 is 0. The van der Waals surface area contributed by atoms with Crippen molar-refractivity contribution >= 4 is 14.2 Å². The van der Waals surface area contributed by atoms with Crippen molar-refractivity contribution in [3.63, 3.8) is 0 Å². The van der Waals surface area contributed by atoms with Crippen LogP contribution in [0.4, 0.5) is 13.2 Å². The van der Waals surface area contributed by atoms with E-state index in [1.165, 1.54) is 6.08 Å². The number of hydrogen-bond acceptors (Lipinski definition) is 4. The molecule has 0 saturated carbocycles. The van der Waals surface area contributed by atoms with Gasteiger partial charge in [0.25, 0.3) is 0 Å². The summed E-state index contributed by atoms with van der Waals surface area (Å²) in [6, 6.07) is 7.58. The van der Waals surface area contributed by atoms with Gasteiger partial charge in [0.15, 0.2) is 14.1 Å². The smallest absolute Gasteiger partial charge is 0.409 e. The molecule has 1 aliphatic rings. The Balaban J connectivity index is 2.68. The number of benzene rings is 1. The second-order valence-corrected chi connectivity index (χ2v) is 15.9. The lowest BCUT2D eigenvalue weighted by Gasteiger charge is -2.46. The summed E-state index contributed by atoms with van der Waals surface area (Å²) in [6.45, 7) is 21.0. The van der Waals surface area contributed by atoms with E-state index in [-0.39, 0.29) is 18.0 Å². The van der Waals surface area contributed by atoms with E-state index >= 15 is 0 Å². The third kappa shape index (κ3) is 7.31. The molecular formula is C27H40F3NO4Si. The molecule has 0 aliphatic carbocycles. The number of carbonyl (C=O) groups excluding carboxylic acids is 1. The lowest BCUT2D eigenvalue weighted by atomic mass is 9.96. The van der Waals surface area contributed by atoms with Crippen LogP contribution in [0.2, 0.25) is 18.1 Å². The van der Waals surface area contributed by atoms with Gasteiger partial charge in [-0.25, -0.2) is 0 Å². The second-order valence-electron chi connectivity index (χ2n) is 11.2. The fourth-order valence-electron chi connectivity index (χ4n) is 4.03. The molecule has 0 aromatic heterocycles. The first-order valence-electron chi connectivity index (χ1n) is 12.1. The van der Waals surface area contributed by atoms with Crippen LogP contribution in [0.5, 0.6) is 0 Å². The Morgan fingerprint density at radius 1 is 1.17 bits per heavy atom. The van der Waals surface area contributed by atoms with Crippen LogP contribution in [0.15, 0.2) is 55.6 Å². The Morgan fingerprint density at radius 3 is 2.22 bits per heavy atom. The van der Waals surface area contributed by atoms with Crippen LogP contribution < -0.4 is 0 Å². The Labute approximate surface area is 214 Å². The van der Waals surface area contributed by atoms with E-state index in [0.717, 1.165) is 4.90 Å². The quantitative estimate of drug-likeness (QED) is 0.253. The summed E-state index contributed by atoms with van der Waals surface area (Å²) in [5, 5.41) is -0.249. The molecular weight excluding hydrogens is 487 g/mol. The van der Waals surface area contributed by atoms with Crippen LogP contribution in [0, 0.1) is 0 Å².